The molecule has 40 heavy (non-hydrogen) atoms. The van der Waals surface area contributed by atoms with Gasteiger partial charge in [-0.05, 0) is 0 Å². The predicted octanol–water partition coefficient (Wildman–Crippen LogP) is 9.29. The normalized spacial score (nSPS) is 14.8. The second-order valence-electron chi connectivity index (χ2n) is 10.4. The van der Waals surface area contributed by atoms with E-state index in [1.54, 1.807) is 24.3 Å². The summed E-state index contributed by atoms with van der Waals surface area (Å²) >= 11 is -4.18. The molecule has 0 aromatic heterocycles. The molecule has 0 bridgehead atoms. The third-order valence-electron chi connectivity index (χ3n) is 6.99. The molecule has 0 heterocycles. The fourth-order valence-corrected chi connectivity index (χ4v) is 10.2. The minimum atomic E-state index is -7.38. The summed E-state index contributed by atoms with van der Waals surface area (Å²) in [4.78, 5) is 0. The Balaban J connectivity index is 2.67. The van der Waals surface area contributed by atoms with Crippen LogP contribution in [0.5, 0.6) is 0 Å². The molecule has 14 heteroatoms. The van der Waals surface area contributed by atoms with Gasteiger partial charge in [0.15, 0.2) is 0 Å². The SMILES string of the molecule is CCC(C)(C)c1ccc(I(OS(=O)(=O)C(F)(F)C(F)(F)C(F)(F)C(F)(F)F)c2ccc(C(C)(C)CC)cc2)cc1. The minimum absolute atomic E-state index is 0.00706. The van der Waals surface area contributed by atoms with Crippen LogP contribution in [0, 0.1) is 7.14 Å². The Hall–Kier alpha value is -1.55. The Morgan fingerprint density at radius 1 is 0.625 bits per heavy atom. The topological polar surface area (TPSA) is 43.4 Å². The van der Waals surface area contributed by atoms with Gasteiger partial charge in [-0.3, -0.25) is 0 Å². The number of hydrogen-bond donors (Lipinski definition) is 0. The van der Waals surface area contributed by atoms with E-state index >= 15 is 0 Å². The first-order chi connectivity index (χ1) is 17.9. The summed E-state index contributed by atoms with van der Waals surface area (Å²) in [6.45, 7) is 11.4. The number of rotatable bonds is 11. The maximum atomic E-state index is 14.5. The van der Waals surface area contributed by atoms with Gasteiger partial charge in [0.25, 0.3) is 0 Å². The monoisotopic (exact) mass is 720 g/mol. The Labute approximate surface area is 235 Å². The zero-order valence-corrected chi connectivity index (χ0v) is 25.4. The van der Waals surface area contributed by atoms with E-state index in [4.69, 9.17) is 0 Å². The summed E-state index contributed by atoms with van der Waals surface area (Å²) in [5.41, 5.74) is 0.824. The van der Waals surface area contributed by atoms with Crippen LogP contribution in [0.1, 0.15) is 65.5 Å². The molecular formula is C26H30F9IO3S. The van der Waals surface area contributed by atoms with Gasteiger partial charge in [0.2, 0.25) is 0 Å². The Morgan fingerprint density at radius 3 is 1.23 bits per heavy atom. The number of halogens is 10. The van der Waals surface area contributed by atoms with E-state index in [0.29, 0.717) is 12.8 Å². The van der Waals surface area contributed by atoms with Gasteiger partial charge in [0.1, 0.15) is 0 Å². The van der Waals surface area contributed by atoms with Crippen molar-refractivity contribution in [3.8, 4) is 0 Å². The molecule has 2 rings (SSSR count). The molecule has 3 nitrogen and oxygen atoms in total. The van der Waals surface area contributed by atoms with Crippen molar-refractivity contribution in [3.05, 3.63) is 66.8 Å². The Kier molecular flexibility index (Phi) is 9.76. The maximum absolute atomic E-state index is 14.5. The van der Waals surface area contributed by atoms with Crippen LogP contribution in [-0.4, -0.2) is 31.7 Å². The third kappa shape index (κ3) is 6.27. The zero-order chi connectivity index (χ0) is 31.2. The van der Waals surface area contributed by atoms with Gasteiger partial charge < -0.3 is 0 Å². The first-order valence-corrected chi connectivity index (χ1v) is 16.4. The van der Waals surface area contributed by atoms with Crippen molar-refractivity contribution >= 4 is 30.4 Å². The molecule has 0 unspecified atom stereocenters. The van der Waals surface area contributed by atoms with Crippen LogP contribution >= 0.6 is 20.2 Å². The molecule has 2 aromatic rings. The molecule has 228 valence electrons. The first-order valence-electron chi connectivity index (χ1n) is 12.0. The van der Waals surface area contributed by atoms with E-state index in [9.17, 15) is 47.9 Å². The summed E-state index contributed by atoms with van der Waals surface area (Å²) < 4.78 is 151. The molecule has 0 aliphatic rings. The van der Waals surface area contributed by atoms with E-state index in [0.717, 1.165) is 11.1 Å². The van der Waals surface area contributed by atoms with Gasteiger partial charge in [-0.25, -0.2) is 0 Å². The van der Waals surface area contributed by atoms with E-state index in [-0.39, 0.29) is 18.0 Å². The molecule has 0 saturated carbocycles. The average Bonchev–Trinajstić information content (AvgIpc) is 2.86. The molecule has 0 aliphatic heterocycles. The second-order valence-corrected chi connectivity index (χ2v) is 17.0. The molecule has 0 spiro atoms. The van der Waals surface area contributed by atoms with Crippen molar-refractivity contribution in [2.75, 3.05) is 0 Å². The molecule has 0 radical (unpaired) electrons. The van der Waals surface area contributed by atoms with Crippen LogP contribution in [0.2, 0.25) is 0 Å². The van der Waals surface area contributed by atoms with Gasteiger partial charge in [0, 0.05) is 0 Å². The van der Waals surface area contributed by atoms with Gasteiger partial charge in [-0.1, -0.05) is 0 Å². The summed E-state index contributed by atoms with van der Waals surface area (Å²) in [5, 5.41) is -6.93. The zero-order valence-electron chi connectivity index (χ0n) is 22.4. The number of alkyl halides is 9. The van der Waals surface area contributed by atoms with E-state index in [1.165, 1.54) is 24.3 Å². The van der Waals surface area contributed by atoms with E-state index in [1.807, 2.05) is 41.5 Å². The molecule has 0 amide bonds. The number of benzene rings is 2. The van der Waals surface area contributed by atoms with Gasteiger partial charge in [-0.2, -0.15) is 0 Å². The molecule has 0 saturated heterocycles. The van der Waals surface area contributed by atoms with Crippen LogP contribution in [0.25, 0.3) is 0 Å². The summed E-state index contributed by atoms with van der Waals surface area (Å²) in [7, 11) is -7.04. The molecule has 0 atom stereocenters. The number of hydrogen-bond acceptors (Lipinski definition) is 3. The van der Waals surface area contributed by atoms with Crippen molar-refractivity contribution in [2.45, 2.75) is 88.5 Å². The van der Waals surface area contributed by atoms with Crippen molar-refractivity contribution in [2.24, 2.45) is 0 Å². The second kappa shape index (κ2) is 11.3. The van der Waals surface area contributed by atoms with Crippen LogP contribution < -0.4 is 0 Å². The Morgan fingerprint density at radius 2 is 0.950 bits per heavy atom. The summed E-state index contributed by atoms with van der Waals surface area (Å²) in [5.74, 6) is -14.7. The van der Waals surface area contributed by atoms with Crippen molar-refractivity contribution in [1.29, 1.82) is 0 Å². The van der Waals surface area contributed by atoms with Gasteiger partial charge in [0.05, 0.1) is 0 Å². The van der Waals surface area contributed by atoms with Gasteiger partial charge in [-0.15, -0.1) is 0 Å². The molecule has 2 aromatic carbocycles. The van der Waals surface area contributed by atoms with E-state index < -0.39 is 53.6 Å². The first kappa shape index (κ1) is 34.7. The predicted molar refractivity (Wildman–Crippen MR) is 142 cm³/mol. The molecule has 0 N–H and O–H groups in total. The van der Waals surface area contributed by atoms with Gasteiger partial charge >= 0.3 is 236 Å². The fourth-order valence-electron chi connectivity index (χ4n) is 3.28. The van der Waals surface area contributed by atoms with Crippen LogP contribution in [-0.2, 0) is 23.5 Å². The van der Waals surface area contributed by atoms with Crippen LogP contribution in [0.4, 0.5) is 39.5 Å². The molecular weight excluding hydrogens is 690 g/mol. The van der Waals surface area contributed by atoms with Crippen LogP contribution in [0.3, 0.4) is 0 Å². The van der Waals surface area contributed by atoms with E-state index in [2.05, 4.69) is 2.51 Å². The quantitative estimate of drug-likeness (QED) is 0.172. The van der Waals surface area contributed by atoms with Crippen LogP contribution in [0.15, 0.2) is 48.5 Å². The van der Waals surface area contributed by atoms with Crippen molar-refractivity contribution in [3.63, 3.8) is 0 Å². The molecule has 0 aliphatic carbocycles. The Bertz CT molecular complexity index is 1210. The summed E-state index contributed by atoms with van der Waals surface area (Å²) in [6, 6.07) is 11.6. The van der Waals surface area contributed by atoms with Crippen molar-refractivity contribution < 1.29 is 50.4 Å². The molecule has 0 fully saturated rings. The van der Waals surface area contributed by atoms with Crippen molar-refractivity contribution in [1.82, 2.24) is 0 Å². The average molecular weight is 720 g/mol. The summed E-state index contributed by atoms with van der Waals surface area (Å²) in [6.07, 6.45) is -5.80. The fraction of sp³-hybridized carbons (Fsp3) is 0.538. The standard InChI is InChI=1S/C26H30F9IO3S/c1-7-21(3,4)17-9-13-19(14-10-17)36(20-15-11-18(12-16-20)22(5,6)8-2)39-40(37,38)26(34,35)24(29,30)23(27,28)25(31,32)33/h9-16H,7-8H2,1-6H3. The third-order valence-corrected chi connectivity index (χ3v) is 14.4.